The highest BCUT2D eigenvalue weighted by Crippen LogP contribution is 2.36. The van der Waals surface area contributed by atoms with Crippen LogP contribution in [0.15, 0.2) is 11.6 Å². The molecule has 10 heavy (non-hydrogen) atoms. The Morgan fingerprint density at radius 2 is 2.10 bits per heavy atom. The quantitative estimate of drug-likeness (QED) is 0.491. The normalized spacial score (nSPS) is 13.8. The molecule has 0 aromatic carbocycles. The van der Waals surface area contributed by atoms with Crippen LogP contribution in [0, 0.1) is 0 Å². The highest BCUT2D eigenvalue weighted by atomic mass is 31.2. The van der Waals surface area contributed by atoms with Gasteiger partial charge in [-0.05, 0) is 13.3 Å². The van der Waals surface area contributed by atoms with E-state index in [9.17, 15) is 4.57 Å². The highest BCUT2D eigenvalue weighted by molar-refractivity contribution is 7.52. The van der Waals surface area contributed by atoms with Crippen LogP contribution in [0.4, 0.5) is 0 Å². The molecule has 0 amide bonds. The fourth-order valence-electron chi connectivity index (χ4n) is 0.738. The molecule has 0 aliphatic rings. The van der Waals surface area contributed by atoms with Gasteiger partial charge in [-0.2, -0.15) is 0 Å². The van der Waals surface area contributed by atoms with Gasteiger partial charge in [-0.1, -0.05) is 18.6 Å². The molecular weight excluding hydrogens is 151 g/mol. The lowest BCUT2D eigenvalue weighted by atomic mass is 10.3. The minimum atomic E-state index is -3.82. The fourth-order valence-corrected chi connectivity index (χ4v) is 1.52. The molecule has 0 bridgehead atoms. The average Bonchev–Trinajstić information content (AvgIpc) is 1.59. The van der Waals surface area contributed by atoms with Crippen LogP contribution in [0.2, 0.25) is 0 Å². The molecule has 2 N–H and O–H groups in total. The van der Waals surface area contributed by atoms with Gasteiger partial charge in [-0.3, -0.25) is 4.57 Å². The summed E-state index contributed by atoms with van der Waals surface area (Å²) < 4.78 is 10.4. The summed E-state index contributed by atoms with van der Waals surface area (Å²) in [7, 11) is -3.82. The predicted molar refractivity (Wildman–Crippen MR) is 41.0 cm³/mol. The number of allylic oxidation sites excluding steroid dienone is 2. The number of rotatable bonds is 3. The first-order valence-corrected chi connectivity index (χ1v) is 4.95. The number of hydrogen-bond donors (Lipinski definition) is 2. The van der Waals surface area contributed by atoms with E-state index in [-0.39, 0.29) is 6.16 Å². The second-order valence-corrected chi connectivity index (χ2v) is 3.93. The van der Waals surface area contributed by atoms with E-state index in [0.717, 1.165) is 12.0 Å². The Morgan fingerprint density at radius 1 is 1.60 bits per heavy atom. The standard InChI is InChI=1S/C6H13O3P/c1-3-4-6(2)5-10(7,8)9/h4H,3,5H2,1-2H3,(H2,7,8,9)/b6-4+. The summed E-state index contributed by atoms with van der Waals surface area (Å²) in [5.41, 5.74) is 0.760. The van der Waals surface area contributed by atoms with Crippen LogP contribution in [0.25, 0.3) is 0 Å². The third-order valence-electron chi connectivity index (χ3n) is 1.01. The van der Waals surface area contributed by atoms with Crippen molar-refractivity contribution < 1.29 is 14.4 Å². The van der Waals surface area contributed by atoms with Gasteiger partial charge in [0.1, 0.15) is 0 Å². The topological polar surface area (TPSA) is 57.5 Å². The van der Waals surface area contributed by atoms with Crippen molar-refractivity contribution in [3.05, 3.63) is 11.6 Å². The van der Waals surface area contributed by atoms with E-state index in [1.807, 2.05) is 13.0 Å². The minimum Gasteiger partial charge on any atom is -0.324 e. The molecule has 0 aliphatic heterocycles. The monoisotopic (exact) mass is 164 g/mol. The molecule has 0 heterocycles. The van der Waals surface area contributed by atoms with Gasteiger partial charge >= 0.3 is 7.60 Å². The second kappa shape index (κ2) is 3.91. The van der Waals surface area contributed by atoms with E-state index in [1.54, 1.807) is 6.92 Å². The molecule has 0 aromatic heterocycles. The van der Waals surface area contributed by atoms with Crippen molar-refractivity contribution in [3.8, 4) is 0 Å². The van der Waals surface area contributed by atoms with Crippen molar-refractivity contribution in [2.75, 3.05) is 6.16 Å². The van der Waals surface area contributed by atoms with E-state index in [2.05, 4.69) is 0 Å². The minimum absolute atomic E-state index is 0.110. The van der Waals surface area contributed by atoms with Crippen molar-refractivity contribution in [1.29, 1.82) is 0 Å². The first kappa shape index (κ1) is 9.89. The molecule has 0 unspecified atom stereocenters. The zero-order valence-corrected chi connectivity index (χ0v) is 7.14. The molecular formula is C6H13O3P. The molecule has 0 aromatic rings. The molecule has 0 atom stereocenters. The summed E-state index contributed by atoms with van der Waals surface area (Å²) in [6, 6.07) is 0. The first-order chi connectivity index (χ1) is 4.45. The van der Waals surface area contributed by atoms with Gasteiger partial charge in [0.15, 0.2) is 0 Å². The lowest BCUT2D eigenvalue weighted by molar-refractivity contribution is 0.376. The maximum atomic E-state index is 10.4. The maximum Gasteiger partial charge on any atom is 0.329 e. The zero-order chi connectivity index (χ0) is 8.20. The van der Waals surface area contributed by atoms with Crippen LogP contribution in [0.3, 0.4) is 0 Å². The Kier molecular flexibility index (Phi) is 3.87. The average molecular weight is 164 g/mol. The summed E-state index contributed by atoms with van der Waals surface area (Å²) in [4.78, 5) is 17.0. The molecule has 3 nitrogen and oxygen atoms in total. The molecule has 0 aliphatic carbocycles. The van der Waals surface area contributed by atoms with Gasteiger partial charge in [0.2, 0.25) is 0 Å². The zero-order valence-electron chi connectivity index (χ0n) is 6.24. The van der Waals surface area contributed by atoms with Gasteiger partial charge in [-0.25, -0.2) is 0 Å². The lowest BCUT2D eigenvalue weighted by Crippen LogP contribution is -1.88. The Balaban J connectivity index is 3.92. The van der Waals surface area contributed by atoms with Gasteiger partial charge < -0.3 is 9.79 Å². The van der Waals surface area contributed by atoms with Crippen LogP contribution < -0.4 is 0 Å². The van der Waals surface area contributed by atoms with Crippen LogP contribution in [0.1, 0.15) is 20.3 Å². The molecule has 0 rings (SSSR count). The SMILES string of the molecule is CC/C=C(\C)CP(=O)(O)O. The first-order valence-electron chi connectivity index (χ1n) is 3.16. The third-order valence-corrected chi connectivity index (χ3v) is 1.92. The Bertz CT molecular complexity index is 168. The Hall–Kier alpha value is -0.110. The van der Waals surface area contributed by atoms with E-state index >= 15 is 0 Å². The smallest absolute Gasteiger partial charge is 0.324 e. The summed E-state index contributed by atoms with van der Waals surface area (Å²) in [5, 5.41) is 0. The van der Waals surface area contributed by atoms with E-state index in [4.69, 9.17) is 9.79 Å². The summed E-state index contributed by atoms with van der Waals surface area (Å²) in [6.07, 6.45) is 2.53. The maximum absolute atomic E-state index is 10.4. The molecule has 0 saturated carbocycles. The summed E-state index contributed by atoms with van der Waals surface area (Å²) in [5.74, 6) is 0. The Morgan fingerprint density at radius 3 is 2.40 bits per heavy atom. The molecule has 0 spiro atoms. The van der Waals surface area contributed by atoms with Gasteiger partial charge in [0.05, 0.1) is 6.16 Å². The van der Waals surface area contributed by atoms with Gasteiger partial charge in [0, 0.05) is 0 Å². The van der Waals surface area contributed by atoms with E-state index < -0.39 is 7.60 Å². The van der Waals surface area contributed by atoms with E-state index in [1.165, 1.54) is 0 Å². The van der Waals surface area contributed by atoms with Crippen LogP contribution in [0.5, 0.6) is 0 Å². The van der Waals surface area contributed by atoms with Gasteiger partial charge in [0.25, 0.3) is 0 Å². The lowest BCUT2D eigenvalue weighted by Gasteiger charge is -2.02. The molecule has 0 radical (unpaired) electrons. The summed E-state index contributed by atoms with van der Waals surface area (Å²) in [6.45, 7) is 3.66. The highest BCUT2D eigenvalue weighted by Gasteiger charge is 2.12. The van der Waals surface area contributed by atoms with Crippen molar-refractivity contribution in [2.45, 2.75) is 20.3 Å². The largest absolute Gasteiger partial charge is 0.329 e. The van der Waals surface area contributed by atoms with Crippen LogP contribution >= 0.6 is 7.60 Å². The number of hydrogen-bond acceptors (Lipinski definition) is 1. The van der Waals surface area contributed by atoms with Crippen molar-refractivity contribution in [2.24, 2.45) is 0 Å². The second-order valence-electron chi connectivity index (χ2n) is 2.28. The molecule has 60 valence electrons. The Labute approximate surface area is 60.9 Å². The van der Waals surface area contributed by atoms with Gasteiger partial charge in [-0.15, -0.1) is 0 Å². The van der Waals surface area contributed by atoms with Crippen LogP contribution in [-0.2, 0) is 4.57 Å². The van der Waals surface area contributed by atoms with Crippen molar-refractivity contribution in [3.63, 3.8) is 0 Å². The van der Waals surface area contributed by atoms with Crippen molar-refractivity contribution >= 4 is 7.60 Å². The fraction of sp³-hybridized carbons (Fsp3) is 0.667. The predicted octanol–water partition coefficient (Wildman–Crippen LogP) is 1.52. The molecule has 4 heteroatoms. The molecule has 0 fully saturated rings. The van der Waals surface area contributed by atoms with E-state index in [0.29, 0.717) is 0 Å². The third kappa shape index (κ3) is 6.02. The molecule has 0 saturated heterocycles. The van der Waals surface area contributed by atoms with Crippen molar-refractivity contribution in [1.82, 2.24) is 0 Å². The van der Waals surface area contributed by atoms with Crippen LogP contribution in [-0.4, -0.2) is 15.9 Å². The summed E-state index contributed by atoms with van der Waals surface area (Å²) >= 11 is 0.